The van der Waals surface area contributed by atoms with Crippen molar-refractivity contribution in [2.45, 2.75) is 6.30 Å². The Morgan fingerprint density at radius 1 is 1.60 bits per heavy atom. The second kappa shape index (κ2) is 3.09. The van der Waals surface area contributed by atoms with Crippen molar-refractivity contribution in [3.63, 3.8) is 0 Å². The molecule has 0 bridgehead atoms. The molecule has 0 saturated heterocycles. The van der Waals surface area contributed by atoms with Crippen LogP contribution in [0, 0.1) is 0 Å². The summed E-state index contributed by atoms with van der Waals surface area (Å²) < 4.78 is 37.3. The molecule has 0 aromatic heterocycles. The van der Waals surface area contributed by atoms with Crippen LogP contribution in [0.4, 0.5) is 18.0 Å². The number of hydrogen-bond donors (Lipinski definition) is 1. The Morgan fingerprint density at radius 3 is 2.40 bits per heavy atom. The van der Waals surface area contributed by atoms with E-state index in [0.717, 1.165) is 0 Å². The predicted molar refractivity (Wildman–Crippen MR) is 25.9 cm³/mol. The molecule has 1 amide bonds. The summed E-state index contributed by atoms with van der Waals surface area (Å²) >= 11 is 0. The molecule has 0 aromatic carbocycles. The molecule has 6 heteroatoms. The summed E-state index contributed by atoms with van der Waals surface area (Å²) in [5, 5.41) is 0.588. The van der Waals surface area contributed by atoms with Gasteiger partial charge in [0.15, 0.2) is 0 Å². The lowest BCUT2D eigenvalue weighted by Crippen LogP contribution is -2.36. The molecule has 10 heavy (non-hydrogen) atoms. The minimum Gasteiger partial charge on any atom is -0.419 e. The number of rotatable bonds is 1. The van der Waals surface area contributed by atoms with Gasteiger partial charge in [-0.25, -0.2) is 10.1 Å². The summed E-state index contributed by atoms with van der Waals surface area (Å²) in [5.41, 5.74) is 0. The smallest absolute Gasteiger partial charge is 0.419 e. The molecule has 0 fully saturated rings. The number of halogens is 3. The Balaban J connectivity index is 3.68. The van der Waals surface area contributed by atoms with Gasteiger partial charge in [0.1, 0.15) is 0 Å². The van der Waals surface area contributed by atoms with Crippen LogP contribution in [0.25, 0.3) is 0 Å². The molecule has 0 saturated carbocycles. The number of alkyl halides is 3. The average molecular weight is 155 g/mol. The fourth-order valence-electron chi connectivity index (χ4n) is 0.221. The Labute approximate surface area is 54.5 Å². The van der Waals surface area contributed by atoms with E-state index >= 15 is 0 Å². The summed E-state index contributed by atoms with van der Waals surface area (Å²) in [6.45, 7) is 2.88. The third kappa shape index (κ3) is 4.95. The monoisotopic (exact) mass is 155 g/mol. The highest BCUT2D eigenvalue weighted by Crippen LogP contribution is 2.09. The van der Waals surface area contributed by atoms with E-state index in [0.29, 0.717) is 11.6 Å². The molecule has 0 aliphatic rings. The molecule has 58 valence electrons. The summed E-state index contributed by atoms with van der Waals surface area (Å²) in [6, 6.07) is 0. The molecule has 0 heterocycles. The molecule has 0 aliphatic heterocycles. The van der Waals surface area contributed by atoms with Crippen molar-refractivity contribution in [3.8, 4) is 0 Å². The van der Waals surface area contributed by atoms with Crippen LogP contribution in [-0.4, -0.2) is 12.4 Å². The van der Waals surface area contributed by atoms with Crippen molar-refractivity contribution in [2.75, 3.05) is 0 Å². The van der Waals surface area contributed by atoms with Crippen molar-refractivity contribution in [3.05, 3.63) is 12.8 Å². The topological polar surface area (TPSA) is 38.3 Å². The largest absolute Gasteiger partial charge is 0.487 e. The van der Waals surface area contributed by atoms with E-state index < -0.39 is 12.4 Å². The highest BCUT2D eigenvalue weighted by atomic mass is 19.4. The molecule has 1 N–H and O–H groups in total. The van der Waals surface area contributed by atoms with Crippen molar-refractivity contribution in [2.24, 2.45) is 0 Å². The molecule has 0 rings (SSSR count). The highest BCUT2D eigenvalue weighted by Gasteiger charge is 2.30. The SMILES string of the molecule is C=COC(=O)NC(F)(F)F. The number of alkyl carbamates (subject to hydrolysis) is 1. The van der Waals surface area contributed by atoms with E-state index in [9.17, 15) is 18.0 Å². The zero-order valence-corrected chi connectivity index (χ0v) is 4.73. The number of hydrogen-bond acceptors (Lipinski definition) is 2. The van der Waals surface area contributed by atoms with Gasteiger partial charge in [-0.15, -0.1) is 0 Å². The molecule has 0 aliphatic carbocycles. The quantitative estimate of drug-likeness (QED) is 0.458. The maximum absolute atomic E-state index is 11.2. The number of carbonyl (C=O) groups excluding carboxylic acids is 1. The third-order valence-electron chi connectivity index (χ3n) is 0.434. The summed E-state index contributed by atoms with van der Waals surface area (Å²) in [4.78, 5) is 9.93. The lowest BCUT2D eigenvalue weighted by Gasteiger charge is -2.05. The maximum Gasteiger partial charge on any atom is 0.487 e. The third-order valence-corrected chi connectivity index (χ3v) is 0.434. The van der Waals surface area contributed by atoms with E-state index in [1.807, 2.05) is 0 Å². The summed E-state index contributed by atoms with van der Waals surface area (Å²) in [6.07, 6.45) is -5.75. The summed E-state index contributed by atoms with van der Waals surface area (Å²) in [5.74, 6) is 0. The van der Waals surface area contributed by atoms with Crippen molar-refractivity contribution in [1.82, 2.24) is 5.32 Å². The first-order valence-corrected chi connectivity index (χ1v) is 2.12. The van der Waals surface area contributed by atoms with Gasteiger partial charge in [-0.2, -0.15) is 13.2 Å². The fourth-order valence-corrected chi connectivity index (χ4v) is 0.221. The molecule has 0 aromatic rings. The number of carbonyl (C=O) groups is 1. The molecular formula is C4H4F3NO2. The first-order chi connectivity index (χ1) is 4.45. The van der Waals surface area contributed by atoms with Crippen LogP contribution in [0.3, 0.4) is 0 Å². The molecule has 3 nitrogen and oxygen atoms in total. The number of ether oxygens (including phenoxy) is 1. The van der Waals surface area contributed by atoms with Gasteiger partial charge in [-0.3, -0.25) is 0 Å². The molecule has 0 spiro atoms. The molecule has 0 unspecified atom stereocenters. The second-order valence-corrected chi connectivity index (χ2v) is 1.19. The van der Waals surface area contributed by atoms with Crippen molar-refractivity contribution in [1.29, 1.82) is 0 Å². The van der Waals surface area contributed by atoms with Crippen LogP contribution in [0.15, 0.2) is 12.8 Å². The molecule has 0 atom stereocenters. The van der Waals surface area contributed by atoms with Gasteiger partial charge < -0.3 is 4.74 Å². The van der Waals surface area contributed by atoms with Crippen molar-refractivity contribution >= 4 is 6.09 Å². The van der Waals surface area contributed by atoms with Gasteiger partial charge in [-0.05, 0) is 0 Å². The van der Waals surface area contributed by atoms with E-state index in [-0.39, 0.29) is 0 Å². The van der Waals surface area contributed by atoms with E-state index in [4.69, 9.17) is 0 Å². The van der Waals surface area contributed by atoms with Gasteiger partial charge in [0.25, 0.3) is 0 Å². The summed E-state index contributed by atoms with van der Waals surface area (Å²) in [7, 11) is 0. The van der Waals surface area contributed by atoms with Crippen LogP contribution < -0.4 is 5.32 Å². The molecular weight excluding hydrogens is 151 g/mol. The van der Waals surface area contributed by atoms with E-state index in [2.05, 4.69) is 11.3 Å². The first-order valence-electron chi connectivity index (χ1n) is 2.12. The van der Waals surface area contributed by atoms with Gasteiger partial charge in [-0.1, -0.05) is 6.58 Å². The highest BCUT2D eigenvalue weighted by molar-refractivity contribution is 5.68. The first kappa shape index (κ1) is 8.80. The van der Waals surface area contributed by atoms with Crippen LogP contribution >= 0.6 is 0 Å². The van der Waals surface area contributed by atoms with Crippen molar-refractivity contribution < 1.29 is 22.7 Å². The van der Waals surface area contributed by atoms with Crippen LogP contribution in [0.1, 0.15) is 0 Å². The standard InChI is InChI=1S/C4H4F3NO2/c1-2-10-3(9)8-4(5,6)7/h2H,1H2,(H,8,9). The second-order valence-electron chi connectivity index (χ2n) is 1.19. The van der Waals surface area contributed by atoms with Crippen LogP contribution in [-0.2, 0) is 4.74 Å². The van der Waals surface area contributed by atoms with E-state index in [1.54, 1.807) is 0 Å². The zero-order chi connectivity index (χ0) is 8.20. The van der Waals surface area contributed by atoms with Gasteiger partial charge in [0.2, 0.25) is 0 Å². The Hall–Kier alpha value is -1.20. The molecule has 0 radical (unpaired) electrons. The van der Waals surface area contributed by atoms with Crippen LogP contribution in [0.5, 0.6) is 0 Å². The zero-order valence-electron chi connectivity index (χ0n) is 4.73. The lowest BCUT2D eigenvalue weighted by molar-refractivity contribution is -0.148. The normalized spacial score (nSPS) is 10.3. The van der Waals surface area contributed by atoms with Gasteiger partial charge in [0, 0.05) is 0 Å². The Kier molecular flexibility index (Phi) is 2.72. The van der Waals surface area contributed by atoms with Crippen LogP contribution in [0.2, 0.25) is 0 Å². The van der Waals surface area contributed by atoms with Gasteiger partial charge >= 0.3 is 12.4 Å². The number of nitrogens with one attached hydrogen (secondary N) is 1. The lowest BCUT2D eigenvalue weighted by atomic mass is 11.0. The minimum atomic E-state index is -4.75. The van der Waals surface area contributed by atoms with Gasteiger partial charge in [0.05, 0.1) is 6.26 Å². The number of amides is 1. The minimum absolute atomic E-state index is 0.588. The maximum atomic E-state index is 11.2. The Bertz CT molecular complexity index is 142. The average Bonchev–Trinajstić information content (AvgIpc) is 1.59. The Morgan fingerprint density at radius 2 is 2.10 bits per heavy atom. The predicted octanol–water partition coefficient (Wildman–Crippen LogP) is 1.38. The fraction of sp³-hybridized carbons (Fsp3) is 0.250. The van der Waals surface area contributed by atoms with E-state index in [1.165, 1.54) is 0 Å².